The van der Waals surface area contributed by atoms with Gasteiger partial charge in [0.25, 0.3) is 5.91 Å². The minimum absolute atomic E-state index is 0.0125. The van der Waals surface area contributed by atoms with Crippen molar-refractivity contribution in [3.63, 3.8) is 0 Å². The fourth-order valence-electron chi connectivity index (χ4n) is 2.54. The lowest BCUT2D eigenvalue weighted by atomic mass is 9.82. The van der Waals surface area contributed by atoms with Crippen molar-refractivity contribution < 1.29 is 19.4 Å². The number of aryl methyl sites for hydroxylation is 2. The fourth-order valence-corrected chi connectivity index (χ4v) is 2.54. The molecule has 0 aliphatic carbocycles. The van der Waals surface area contributed by atoms with E-state index >= 15 is 0 Å². The number of aliphatic carboxylic acids is 1. The molecule has 0 aliphatic rings. The molecule has 2 rings (SSSR count). The molecule has 1 unspecified atom stereocenters. The molecule has 132 valence electrons. The first-order chi connectivity index (χ1) is 11.8. The number of hydrogen-bond acceptors (Lipinski definition) is 3. The van der Waals surface area contributed by atoms with Crippen LogP contribution >= 0.6 is 0 Å². The van der Waals surface area contributed by atoms with Crippen LogP contribution in [0.3, 0.4) is 0 Å². The maximum atomic E-state index is 12.1. The van der Waals surface area contributed by atoms with Gasteiger partial charge < -0.3 is 15.2 Å². The Labute approximate surface area is 147 Å². The summed E-state index contributed by atoms with van der Waals surface area (Å²) in [5.41, 5.74) is 1.51. The maximum absolute atomic E-state index is 12.1. The van der Waals surface area contributed by atoms with Crippen LogP contribution in [0, 0.1) is 13.8 Å². The summed E-state index contributed by atoms with van der Waals surface area (Å²) in [6.45, 7) is 5.32. The van der Waals surface area contributed by atoms with Gasteiger partial charge in [-0.3, -0.25) is 9.59 Å². The Bertz CT molecular complexity index is 758. The summed E-state index contributed by atoms with van der Waals surface area (Å²) in [5, 5.41) is 12.2. The van der Waals surface area contributed by atoms with E-state index in [0.717, 1.165) is 11.1 Å². The smallest absolute Gasteiger partial charge is 0.315 e. The van der Waals surface area contributed by atoms with E-state index in [4.69, 9.17) is 4.74 Å². The fraction of sp³-hybridized carbons (Fsp3) is 0.300. The number of ether oxygens (including phenoxy) is 1. The normalized spacial score (nSPS) is 12.9. The second-order valence-electron chi connectivity index (χ2n) is 6.34. The Morgan fingerprint density at radius 3 is 2.40 bits per heavy atom. The number of amides is 1. The molecule has 0 radical (unpaired) electrons. The number of hydrogen-bond donors (Lipinski definition) is 2. The number of carbonyl (C=O) groups is 2. The quantitative estimate of drug-likeness (QED) is 0.812. The zero-order valence-electron chi connectivity index (χ0n) is 14.7. The van der Waals surface area contributed by atoms with Crippen LogP contribution in [0.25, 0.3) is 0 Å². The first kappa shape index (κ1) is 18.5. The van der Waals surface area contributed by atoms with E-state index in [1.54, 1.807) is 31.2 Å². The van der Waals surface area contributed by atoms with Gasteiger partial charge in [-0.05, 0) is 38.0 Å². The van der Waals surface area contributed by atoms with Crippen LogP contribution < -0.4 is 10.1 Å². The predicted octanol–water partition coefficient (Wildman–Crippen LogP) is 2.84. The van der Waals surface area contributed by atoms with Gasteiger partial charge in [-0.15, -0.1) is 0 Å². The highest BCUT2D eigenvalue weighted by Gasteiger charge is 2.35. The van der Waals surface area contributed by atoms with Crippen molar-refractivity contribution in [2.45, 2.75) is 26.2 Å². The average Bonchev–Trinajstić information content (AvgIpc) is 2.59. The zero-order chi connectivity index (χ0) is 18.4. The van der Waals surface area contributed by atoms with Gasteiger partial charge in [0.05, 0.1) is 0 Å². The Morgan fingerprint density at radius 2 is 1.80 bits per heavy atom. The van der Waals surface area contributed by atoms with Gasteiger partial charge >= 0.3 is 5.97 Å². The highest BCUT2D eigenvalue weighted by atomic mass is 16.5. The van der Waals surface area contributed by atoms with Crippen LogP contribution in [0.1, 0.15) is 23.6 Å². The largest absolute Gasteiger partial charge is 0.484 e. The summed E-state index contributed by atoms with van der Waals surface area (Å²) in [5.74, 6) is -0.706. The molecule has 0 spiro atoms. The lowest BCUT2D eigenvalue weighted by Crippen LogP contribution is -2.45. The van der Waals surface area contributed by atoms with E-state index in [1.165, 1.54) is 0 Å². The number of carbonyl (C=O) groups excluding carboxylic acids is 1. The molecule has 2 aromatic carbocycles. The number of nitrogens with one attached hydrogen (secondary N) is 1. The lowest BCUT2D eigenvalue weighted by Gasteiger charge is -2.25. The van der Waals surface area contributed by atoms with Crippen LogP contribution in [-0.4, -0.2) is 30.1 Å². The van der Waals surface area contributed by atoms with E-state index in [2.05, 4.69) is 5.32 Å². The summed E-state index contributed by atoms with van der Waals surface area (Å²) in [7, 11) is 0. The number of rotatable bonds is 7. The van der Waals surface area contributed by atoms with Crippen LogP contribution in [0.5, 0.6) is 5.75 Å². The SMILES string of the molecule is Cc1ccc(OCC(=O)NCC(C)(C(=O)O)c2ccccc2)c(C)c1. The van der Waals surface area contributed by atoms with Crippen LogP contribution in [-0.2, 0) is 15.0 Å². The third-order valence-electron chi connectivity index (χ3n) is 4.21. The lowest BCUT2D eigenvalue weighted by molar-refractivity contribution is -0.143. The van der Waals surface area contributed by atoms with Crippen molar-refractivity contribution in [2.24, 2.45) is 0 Å². The van der Waals surface area contributed by atoms with Crippen molar-refractivity contribution in [2.75, 3.05) is 13.2 Å². The van der Waals surface area contributed by atoms with Gasteiger partial charge in [0.1, 0.15) is 11.2 Å². The van der Waals surface area contributed by atoms with Gasteiger partial charge in [0.15, 0.2) is 6.61 Å². The van der Waals surface area contributed by atoms with Crippen LogP contribution in [0.2, 0.25) is 0 Å². The Morgan fingerprint density at radius 1 is 1.12 bits per heavy atom. The topological polar surface area (TPSA) is 75.6 Å². The third kappa shape index (κ3) is 4.59. The van der Waals surface area contributed by atoms with Crippen molar-refractivity contribution >= 4 is 11.9 Å². The summed E-state index contributed by atoms with van der Waals surface area (Å²) < 4.78 is 5.53. The molecule has 0 bridgehead atoms. The first-order valence-electron chi connectivity index (χ1n) is 8.08. The number of carboxylic acids is 1. The summed E-state index contributed by atoms with van der Waals surface area (Å²) >= 11 is 0. The molecule has 5 nitrogen and oxygen atoms in total. The van der Waals surface area contributed by atoms with Gasteiger partial charge in [-0.2, -0.15) is 0 Å². The molecule has 2 aromatic rings. The molecular weight excluding hydrogens is 318 g/mol. The standard InChI is InChI=1S/C20H23NO4/c1-14-9-10-17(15(2)11-14)25-12-18(22)21-13-20(3,19(23)24)16-7-5-4-6-8-16/h4-11H,12-13H2,1-3H3,(H,21,22)(H,23,24). The molecule has 1 amide bonds. The van der Waals surface area contributed by atoms with E-state index in [0.29, 0.717) is 11.3 Å². The molecular formula is C20H23NO4. The number of benzene rings is 2. The second kappa shape index (κ2) is 7.83. The average molecular weight is 341 g/mol. The van der Waals surface area contributed by atoms with Gasteiger partial charge in [-0.1, -0.05) is 48.0 Å². The molecule has 0 aliphatic heterocycles. The zero-order valence-corrected chi connectivity index (χ0v) is 14.7. The predicted molar refractivity (Wildman–Crippen MR) is 95.9 cm³/mol. The van der Waals surface area contributed by atoms with E-state index in [9.17, 15) is 14.7 Å². The molecule has 0 fully saturated rings. The molecule has 0 heterocycles. The monoisotopic (exact) mass is 341 g/mol. The van der Waals surface area contributed by atoms with Crippen molar-refractivity contribution in [1.82, 2.24) is 5.32 Å². The van der Waals surface area contributed by atoms with Crippen molar-refractivity contribution in [3.8, 4) is 5.75 Å². The molecule has 25 heavy (non-hydrogen) atoms. The highest BCUT2D eigenvalue weighted by molar-refractivity contribution is 5.83. The number of carboxylic acid groups (broad SMARTS) is 1. The Kier molecular flexibility index (Phi) is 5.80. The first-order valence-corrected chi connectivity index (χ1v) is 8.08. The summed E-state index contributed by atoms with van der Waals surface area (Å²) in [6.07, 6.45) is 0. The summed E-state index contributed by atoms with van der Waals surface area (Å²) in [4.78, 5) is 23.8. The molecule has 0 saturated carbocycles. The highest BCUT2D eigenvalue weighted by Crippen LogP contribution is 2.23. The minimum atomic E-state index is -1.20. The Balaban J connectivity index is 1.96. The van der Waals surface area contributed by atoms with Gasteiger partial charge in [0.2, 0.25) is 0 Å². The second-order valence-corrected chi connectivity index (χ2v) is 6.34. The third-order valence-corrected chi connectivity index (χ3v) is 4.21. The molecule has 2 N–H and O–H groups in total. The van der Waals surface area contributed by atoms with E-state index in [1.807, 2.05) is 38.1 Å². The maximum Gasteiger partial charge on any atom is 0.315 e. The van der Waals surface area contributed by atoms with Crippen LogP contribution in [0.15, 0.2) is 48.5 Å². The van der Waals surface area contributed by atoms with Crippen molar-refractivity contribution in [3.05, 3.63) is 65.2 Å². The molecule has 1 atom stereocenters. The minimum Gasteiger partial charge on any atom is -0.484 e. The van der Waals surface area contributed by atoms with Gasteiger partial charge in [-0.25, -0.2) is 0 Å². The molecule has 0 aromatic heterocycles. The Hall–Kier alpha value is -2.82. The van der Waals surface area contributed by atoms with Crippen LogP contribution in [0.4, 0.5) is 0 Å². The molecule has 0 saturated heterocycles. The van der Waals surface area contributed by atoms with Gasteiger partial charge in [0, 0.05) is 6.54 Å². The van der Waals surface area contributed by atoms with Crippen molar-refractivity contribution in [1.29, 1.82) is 0 Å². The summed E-state index contributed by atoms with van der Waals surface area (Å²) in [6, 6.07) is 14.6. The van der Waals surface area contributed by atoms with E-state index < -0.39 is 11.4 Å². The molecule has 5 heteroatoms. The van der Waals surface area contributed by atoms with E-state index in [-0.39, 0.29) is 19.1 Å².